The van der Waals surface area contributed by atoms with Crippen molar-refractivity contribution in [3.8, 4) is 0 Å². The number of nitroso groups, excluding NO2 is 1. The molecule has 1 fully saturated rings. The van der Waals surface area contributed by atoms with E-state index < -0.39 is 10.8 Å². The average Bonchev–Trinajstić information content (AvgIpc) is 2.68. The highest BCUT2D eigenvalue weighted by molar-refractivity contribution is 5.94. The van der Waals surface area contributed by atoms with Crippen LogP contribution >= 0.6 is 0 Å². The Balaban J connectivity index is 1.73. The van der Waals surface area contributed by atoms with Crippen LogP contribution in [0.15, 0.2) is 41.6 Å². The van der Waals surface area contributed by atoms with Gasteiger partial charge in [0.2, 0.25) is 5.91 Å². The van der Waals surface area contributed by atoms with Crippen LogP contribution in [0.2, 0.25) is 0 Å². The van der Waals surface area contributed by atoms with Crippen LogP contribution in [0.3, 0.4) is 0 Å². The molecule has 0 unspecified atom stereocenters. The van der Waals surface area contributed by atoms with Crippen LogP contribution in [0, 0.1) is 15.0 Å². The third kappa shape index (κ3) is 3.76. The van der Waals surface area contributed by atoms with E-state index in [4.69, 9.17) is 11.5 Å². The fourth-order valence-electron chi connectivity index (χ4n) is 3.38. The van der Waals surface area contributed by atoms with Crippen molar-refractivity contribution >= 4 is 28.7 Å². The number of anilines is 2. The number of nitrogens with zero attached hydrogens (tertiary/aromatic N) is 4. The van der Waals surface area contributed by atoms with Gasteiger partial charge in [-0.05, 0) is 22.9 Å². The number of rotatable bonds is 6. The Hall–Kier alpha value is -3.53. The number of piperazine rings is 1. The first-order valence-electron chi connectivity index (χ1n) is 8.67. The summed E-state index contributed by atoms with van der Waals surface area (Å²) >= 11 is 0. The van der Waals surface area contributed by atoms with Crippen molar-refractivity contribution in [1.29, 1.82) is 0 Å². The first kappa shape index (κ1) is 19.2. The fourth-order valence-corrected chi connectivity index (χ4v) is 3.38. The summed E-state index contributed by atoms with van der Waals surface area (Å²) in [5.41, 5.74) is 12.4. The van der Waals surface area contributed by atoms with Crippen LogP contribution in [0.4, 0.5) is 22.7 Å². The summed E-state index contributed by atoms with van der Waals surface area (Å²) in [4.78, 5) is 37.3. The van der Waals surface area contributed by atoms with Gasteiger partial charge in [0, 0.05) is 44.4 Å². The molecule has 10 nitrogen and oxygen atoms in total. The number of carbonyl (C=O) groups excluding carboxylic acids is 1. The van der Waals surface area contributed by atoms with Gasteiger partial charge in [0.1, 0.15) is 5.69 Å². The van der Waals surface area contributed by atoms with Gasteiger partial charge in [0.25, 0.3) is 5.69 Å². The van der Waals surface area contributed by atoms with E-state index in [1.54, 1.807) is 12.1 Å². The van der Waals surface area contributed by atoms with E-state index in [0.717, 1.165) is 5.56 Å². The highest BCUT2D eigenvalue weighted by Crippen LogP contribution is 2.40. The number of benzene rings is 2. The Morgan fingerprint density at radius 1 is 1.14 bits per heavy atom. The summed E-state index contributed by atoms with van der Waals surface area (Å²) in [6, 6.07) is 10.00. The monoisotopic (exact) mass is 384 g/mol. The average molecular weight is 384 g/mol. The molecule has 146 valence electrons. The number of nitrogen functional groups attached to an aromatic ring is 1. The number of primary amides is 1. The van der Waals surface area contributed by atoms with Crippen molar-refractivity contribution in [1.82, 2.24) is 4.90 Å². The maximum absolute atomic E-state index is 11.6. The number of carbonyl (C=O) groups is 1. The molecule has 2 aromatic rings. The molecule has 1 aliphatic heterocycles. The van der Waals surface area contributed by atoms with Crippen LogP contribution in [0.25, 0.3) is 0 Å². The topological polar surface area (TPSA) is 148 Å². The number of hydrogen-bond acceptors (Lipinski definition) is 8. The summed E-state index contributed by atoms with van der Waals surface area (Å²) in [5, 5.41) is 13.9. The minimum absolute atomic E-state index is 0.110. The van der Waals surface area contributed by atoms with Crippen LogP contribution in [-0.2, 0) is 6.54 Å². The van der Waals surface area contributed by atoms with Crippen LogP contribution in [0.5, 0.6) is 0 Å². The number of nitro benzene ring substituents is 1. The molecule has 0 radical (unpaired) electrons. The van der Waals surface area contributed by atoms with Crippen molar-refractivity contribution in [2.24, 2.45) is 10.9 Å². The van der Waals surface area contributed by atoms with Crippen molar-refractivity contribution in [2.45, 2.75) is 6.54 Å². The van der Waals surface area contributed by atoms with Crippen molar-refractivity contribution in [2.75, 3.05) is 36.8 Å². The van der Waals surface area contributed by atoms with Gasteiger partial charge in [-0.2, -0.15) is 0 Å². The SMILES string of the molecule is NC(=O)c1ccccc1CN1CCN(c2ccc([N+](=O)[O-])c(N)c2N=O)CC1. The molecule has 0 aliphatic carbocycles. The summed E-state index contributed by atoms with van der Waals surface area (Å²) in [6.07, 6.45) is 0. The molecule has 0 atom stereocenters. The lowest BCUT2D eigenvalue weighted by atomic mass is 10.1. The second kappa shape index (κ2) is 8.01. The summed E-state index contributed by atoms with van der Waals surface area (Å²) in [6.45, 7) is 3.08. The molecule has 1 saturated heterocycles. The second-order valence-corrected chi connectivity index (χ2v) is 6.50. The van der Waals surface area contributed by atoms with Crippen molar-refractivity contribution in [3.05, 3.63) is 62.5 Å². The van der Waals surface area contributed by atoms with E-state index >= 15 is 0 Å². The zero-order valence-corrected chi connectivity index (χ0v) is 15.1. The van der Waals surface area contributed by atoms with Crippen LogP contribution < -0.4 is 16.4 Å². The molecule has 3 rings (SSSR count). The van der Waals surface area contributed by atoms with Crippen LogP contribution in [0.1, 0.15) is 15.9 Å². The number of hydrogen-bond donors (Lipinski definition) is 2. The van der Waals surface area contributed by atoms with E-state index in [2.05, 4.69) is 10.1 Å². The number of amides is 1. The molecule has 2 aromatic carbocycles. The van der Waals surface area contributed by atoms with Gasteiger partial charge < -0.3 is 16.4 Å². The predicted molar refractivity (Wildman–Crippen MR) is 105 cm³/mol. The lowest BCUT2D eigenvalue weighted by Gasteiger charge is -2.36. The molecular formula is C18H20N6O4. The second-order valence-electron chi connectivity index (χ2n) is 6.50. The van der Waals surface area contributed by atoms with Gasteiger partial charge in [-0.15, -0.1) is 4.91 Å². The summed E-state index contributed by atoms with van der Waals surface area (Å²) in [5.74, 6) is -0.461. The first-order chi connectivity index (χ1) is 13.4. The number of nitrogens with two attached hydrogens (primary N) is 2. The molecule has 1 heterocycles. The Morgan fingerprint density at radius 2 is 1.82 bits per heavy atom. The van der Waals surface area contributed by atoms with Gasteiger partial charge in [-0.25, -0.2) is 0 Å². The highest BCUT2D eigenvalue weighted by atomic mass is 16.6. The minimum Gasteiger partial charge on any atom is -0.391 e. The van der Waals surface area contributed by atoms with E-state index in [-0.39, 0.29) is 17.1 Å². The largest absolute Gasteiger partial charge is 0.391 e. The van der Waals surface area contributed by atoms with Gasteiger partial charge in [0.15, 0.2) is 5.69 Å². The van der Waals surface area contributed by atoms with Gasteiger partial charge in [0.05, 0.1) is 10.6 Å². The molecule has 0 spiro atoms. The highest BCUT2D eigenvalue weighted by Gasteiger charge is 2.25. The molecule has 0 aromatic heterocycles. The molecule has 28 heavy (non-hydrogen) atoms. The lowest BCUT2D eigenvalue weighted by molar-refractivity contribution is -0.383. The molecule has 4 N–H and O–H groups in total. The smallest absolute Gasteiger partial charge is 0.294 e. The fraction of sp³-hybridized carbons (Fsp3) is 0.278. The number of nitro groups is 1. The van der Waals surface area contributed by atoms with E-state index in [1.807, 2.05) is 17.0 Å². The third-order valence-corrected chi connectivity index (χ3v) is 4.85. The minimum atomic E-state index is -0.637. The van der Waals surface area contributed by atoms with Gasteiger partial charge in [-0.1, -0.05) is 18.2 Å². The maximum atomic E-state index is 11.6. The quantitative estimate of drug-likeness (QED) is 0.335. The summed E-state index contributed by atoms with van der Waals surface area (Å²) < 4.78 is 0. The lowest BCUT2D eigenvalue weighted by Crippen LogP contribution is -2.46. The molecular weight excluding hydrogens is 364 g/mol. The zero-order valence-electron chi connectivity index (χ0n) is 15.1. The first-order valence-corrected chi connectivity index (χ1v) is 8.67. The predicted octanol–water partition coefficient (Wildman–Crippen LogP) is 2.00. The molecule has 0 bridgehead atoms. The molecule has 10 heteroatoms. The Bertz CT molecular complexity index is 924. The molecule has 1 amide bonds. The van der Waals surface area contributed by atoms with E-state index in [9.17, 15) is 19.8 Å². The maximum Gasteiger partial charge on any atom is 0.294 e. The van der Waals surface area contributed by atoms with Gasteiger partial charge >= 0.3 is 0 Å². The Labute approximate surface area is 160 Å². The molecule has 1 aliphatic rings. The zero-order chi connectivity index (χ0) is 20.3. The molecule has 0 saturated carbocycles. The summed E-state index contributed by atoms with van der Waals surface area (Å²) in [7, 11) is 0. The normalized spacial score (nSPS) is 14.6. The van der Waals surface area contributed by atoms with Crippen molar-refractivity contribution < 1.29 is 9.72 Å². The standard InChI is InChI=1S/C18H20N6O4/c19-16-14(24(27)28)5-6-15(17(16)21-26)23-9-7-22(8-10-23)11-12-3-1-2-4-13(12)18(20)25/h1-6H,7-11,19H2,(H2,20,25). The van der Waals surface area contributed by atoms with Crippen LogP contribution in [-0.4, -0.2) is 41.9 Å². The Kier molecular flexibility index (Phi) is 5.50. The van der Waals surface area contributed by atoms with E-state index in [0.29, 0.717) is 44.0 Å². The van der Waals surface area contributed by atoms with E-state index in [1.165, 1.54) is 12.1 Å². The van der Waals surface area contributed by atoms with Crippen molar-refractivity contribution in [3.63, 3.8) is 0 Å². The Morgan fingerprint density at radius 3 is 2.43 bits per heavy atom. The van der Waals surface area contributed by atoms with Gasteiger partial charge in [-0.3, -0.25) is 19.8 Å². The third-order valence-electron chi connectivity index (χ3n) is 4.85.